The fraction of sp³-hybridized carbons (Fsp3) is 0. The van der Waals surface area contributed by atoms with E-state index < -0.39 is 0 Å². The van der Waals surface area contributed by atoms with Gasteiger partial charge in [-0.1, -0.05) is 0 Å². The lowest BCUT2D eigenvalue weighted by Gasteiger charge is -1.59. The van der Waals surface area contributed by atoms with E-state index in [-0.39, 0.29) is 11.9 Å². The predicted molar refractivity (Wildman–Crippen MR) is 63.4 cm³/mol. The van der Waals surface area contributed by atoms with E-state index in [2.05, 4.69) is 43.7 Å². The van der Waals surface area contributed by atoms with Gasteiger partial charge in [0.05, 0.1) is 12.4 Å². The van der Waals surface area contributed by atoms with Gasteiger partial charge in [-0.15, -0.1) is 12.0 Å². The van der Waals surface area contributed by atoms with Gasteiger partial charge in [-0.3, -0.25) is 33.8 Å². The van der Waals surface area contributed by atoms with Crippen LogP contribution in [0.1, 0.15) is 0 Å². The summed E-state index contributed by atoms with van der Waals surface area (Å²) in [5.74, 6) is -0.167. The van der Waals surface area contributed by atoms with E-state index >= 15 is 0 Å². The van der Waals surface area contributed by atoms with Crippen LogP contribution in [0.3, 0.4) is 0 Å². The Morgan fingerprint density at radius 1 is 0.833 bits per heavy atom. The number of hydrogen-bond acceptors (Lipinski definition) is 4. The number of rotatable bonds is 0. The minimum absolute atomic E-state index is 0.0833. The second-order valence-electron chi connectivity index (χ2n) is 1.62. The molecule has 0 unspecified atom stereocenters. The van der Waals surface area contributed by atoms with Crippen molar-refractivity contribution in [2.75, 3.05) is 0 Å². The summed E-state index contributed by atoms with van der Waals surface area (Å²) in [5, 5.41) is 38.9. The maximum Gasteiger partial charge on any atom is 0.336 e. The molecule has 0 heterocycles. The normalized spacial score (nSPS) is 4.78. The standard InChI is InChI=1S/2C2N3.2CH5N3/c2*3-1-5-2-4;2*2-1(3)4/h;;2*(H5,2,3,4)/q2*-1;;/p+2. The van der Waals surface area contributed by atoms with Crippen LogP contribution in [-0.4, -0.2) is 23.9 Å². The highest BCUT2D eigenvalue weighted by Crippen LogP contribution is 1.43. The number of nitrogens with two attached hydrogens (primary N) is 6. The van der Waals surface area contributed by atoms with E-state index in [0.29, 0.717) is 0 Å². The fourth-order valence-corrected chi connectivity index (χ4v) is 0.0447. The highest BCUT2D eigenvalue weighted by molar-refractivity contribution is 5.68. The third-order valence-corrected chi connectivity index (χ3v) is 0.200. The summed E-state index contributed by atoms with van der Waals surface area (Å²) in [4.78, 5) is 5.17. The monoisotopic (exact) mass is 252 g/mol. The van der Waals surface area contributed by atoms with Gasteiger partial charge >= 0.3 is 11.9 Å². The number of guanidine groups is 2. The Labute approximate surface area is 102 Å². The fourth-order valence-electron chi connectivity index (χ4n) is 0.0447. The van der Waals surface area contributed by atoms with Crippen LogP contribution in [0.15, 0.2) is 9.98 Å². The third-order valence-electron chi connectivity index (χ3n) is 0.200. The molecule has 18 heavy (non-hydrogen) atoms. The van der Waals surface area contributed by atoms with Crippen molar-refractivity contribution in [3.63, 3.8) is 0 Å². The van der Waals surface area contributed by atoms with Gasteiger partial charge in [0, 0.05) is 0 Å². The Balaban J connectivity index is -0.0000000731. The van der Waals surface area contributed by atoms with E-state index in [1.165, 1.54) is 24.4 Å². The molecule has 0 spiro atoms. The Hall–Kier alpha value is -3.72. The minimum Gasteiger partial charge on any atom is -0.422 e. The highest BCUT2D eigenvalue weighted by atomic mass is 14.9. The Bertz CT molecular complexity index is 347. The summed E-state index contributed by atoms with van der Waals surface area (Å²) in [5.41, 5.74) is 18.3. The molecule has 0 amide bonds. The quantitative estimate of drug-likeness (QED) is 0.139. The van der Waals surface area contributed by atoms with Gasteiger partial charge in [-0.2, -0.15) is 10.5 Å². The van der Waals surface area contributed by atoms with Crippen molar-refractivity contribution in [1.29, 1.82) is 10.5 Å². The van der Waals surface area contributed by atoms with Crippen LogP contribution < -0.4 is 33.8 Å². The van der Waals surface area contributed by atoms with E-state index in [9.17, 15) is 0 Å². The van der Waals surface area contributed by atoms with Crippen molar-refractivity contribution < 1.29 is 10.8 Å². The summed E-state index contributed by atoms with van der Waals surface area (Å²) in [7, 11) is 0. The zero-order valence-electron chi connectivity index (χ0n) is 9.15. The van der Waals surface area contributed by atoms with Crippen LogP contribution in [0.4, 0.5) is 0 Å². The molecule has 0 rings (SSSR count). The SMILES string of the molecule is N#CN=C=[N-].N#CN=C=[N-].NC(N)=[NH2+].NC(N)=[NH2+]. The minimum atomic E-state index is -0.0833. The Morgan fingerprint density at radius 2 is 1.00 bits per heavy atom. The highest BCUT2D eigenvalue weighted by Gasteiger charge is 1.64. The molecule has 96 valence electrons. The molecule has 0 aliphatic carbocycles. The molecule has 0 fully saturated rings. The maximum absolute atomic E-state index is 7.43. The number of hydrogen-bond donors (Lipinski definition) is 6. The molecule has 0 bridgehead atoms. The van der Waals surface area contributed by atoms with Crippen molar-refractivity contribution in [2.45, 2.75) is 0 Å². The number of nitriles is 2. The first-order chi connectivity index (χ1) is 8.29. The van der Waals surface area contributed by atoms with Crippen molar-refractivity contribution in [2.24, 2.45) is 32.9 Å². The summed E-state index contributed by atoms with van der Waals surface area (Å²) in [6.45, 7) is 0. The molecule has 0 saturated carbocycles. The molecule has 0 saturated heterocycles. The molecule has 0 aliphatic heterocycles. The van der Waals surface area contributed by atoms with Crippen LogP contribution >= 0.6 is 0 Å². The van der Waals surface area contributed by atoms with Gasteiger partial charge in [0.1, 0.15) is 0 Å². The average molecular weight is 252 g/mol. The molecule has 0 aromatic carbocycles. The Morgan fingerprint density at radius 3 is 1.00 bits per heavy atom. The van der Waals surface area contributed by atoms with Crippen LogP contribution in [0.2, 0.25) is 0 Å². The molecule has 0 aliphatic rings. The van der Waals surface area contributed by atoms with E-state index in [0.717, 1.165) is 0 Å². The topological polar surface area (TPSA) is 272 Å². The van der Waals surface area contributed by atoms with Crippen LogP contribution in [-0.2, 0) is 0 Å². The largest absolute Gasteiger partial charge is 0.422 e. The van der Waals surface area contributed by atoms with Crippen LogP contribution in [0.5, 0.6) is 0 Å². The summed E-state index contributed by atoms with van der Waals surface area (Å²) >= 11 is 0. The zero-order chi connectivity index (χ0) is 15.4. The first kappa shape index (κ1) is 23.8. The van der Waals surface area contributed by atoms with Crippen molar-refractivity contribution in [1.82, 2.24) is 0 Å². The second-order valence-corrected chi connectivity index (χ2v) is 1.62. The molecule has 0 atom stereocenters. The molecular weight excluding hydrogens is 240 g/mol. The molecule has 0 radical (unpaired) electrons. The lowest BCUT2D eigenvalue weighted by Crippen LogP contribution is -2.51. The lowest BCUT2D eigenvalue weighted by atomic mass is 11.1. The van der Waals surface area contributed by atoms with Gasteiger partial charge in [-0.25, -0.2) is 0 Å². The van der Waals surface area contributed by atoms with Gasteiger partial charge in [0.2, 0.25) is 0 Å². The molecule has 12 N–H and O–H groups in total. The summed E-state index contributed by atoms with van der Waals surface area (Å²) < 4.78 is 0. The molecule has 0 aromatic rings. The Kier molecular flexibility index (Phi) is 38.7. The number of nitrogens with zero attached hydrogens (tertiary/aromatic N) is 6. The lowest BCUT2D eigenvalue weighted by molar-refractivity contribution is -0.117. The van der Waals surface area contributed by atoms with Crippen LogP contribution in [0.25, 0.3) is 10.8 Å². The van der Waals surface area contributed by atoms with Gasteiger partial charge < -0.3 is 20.8 Å². The van der Waals surface area contributed by atoms with Crippen molar-refractivity contribution >= 4 is 23.9 Å². The molecule has 12 heteroatoms. The molecular formula is C6H12N12. The van der Waals surface area contributed by atoms with E-state index in [1.807, 2.05) is 0 Å². The zero-order valence-corrected chi connectivity index (χ0v) is 9.15. The smallest absolute Gasteiger partial charge is 0.336 e. The summed E-state index contributed by atoms with van der Waals surface area (Å²) in [6, 6.07) is 2.56. The van der Waals surface area contributed by atoms with Crippen molar-refractivity contribution in [3.8, 4) is 12.4 Å². The first-order valence-electron chi connectivity index (χ1n) is 3.52. The molecule has 12 nitrogen and oxygen atoms in total. The van der Waals surface area contributed by atoms with Gasteiger partial charge in [0.15, 0.2) is 0 Å². The van der Waals surface area contributed by atoms with Crippen molar-refractivity contribution in [3.05, 3.63) is 10.8 Å². The summed E-state index contributed by atoms with van der Waals surface area (Å²) in [6.07, 6.45) is 2.56. The van der Waals surface area contributed by atoms with E-state index in [1.54, 1.807) is 0 Å². The van der Waals surface area contributed by atoms with Crippen LogP contribution in [0, 0.1) is 22.9 Å². The number of aliphatic imine (C=N–C) groups is 2. The molecule has 0 aromatic heterocycles. The predicted octanol–water partition coefficient (Wildman–Crippen LogP) is -5.54. The van der Waals surface area contributed by atoms with Gasteiger partial charge in [0.25, 0.3) is 0 Å². The third kappa shape index (κ3) is 19900. The second kappa shape index (κ2) is 29.2. The van der Waals surface area contributed by atoms with Gasteiger partial charge in [-0.05, 0) is 0 Å². The van der Waals surface area contributed by atoms with E-state index in [4.69, 9.17) is 21.3 Å². The maximum atomic E-state index is 7.43. The average Bonchev–Trinajstić information content (AvgIpc) is 2.19. The first-order valence-corrected chi connectivity index (χ1v) is 3.52.